The Morgan fingerprint density at radius 1 is 1.29 bits per heavy atom. The lowest BCUT2D eigenvalue weighted by Gasteiger charge is -2.32. The molecule has 0 bridgehead atoms. The van der Waals surface area contributed by atoms with Crippen molar-refractivity contribution in [2.75, 3.05) is 32.6 Å². The van der Waals surface area contributed by atoms with Gasteiger partial charge in [-0.2, -0.15) is 4.31 Å². The standard InChI is InChI=1S/C22H30N4O4S/c1-16-8-5-6-13-26(16)31(28,29)20-14-17(10-11-19(20)30-4)22(27)24-15-18-9-7-12-23-21(18)25(2)3/h7,9-12,14,16H,5-6,8,13,15H2,1-4H3,(H,24,27). The molecule has 31 heavy (non-hydrogen) atoms. The number of nitrogens with zero attached hydrogens (tertiary/aromatic N) is 3. The smallest absolute Gasteiger partial charge is 0.251 e. The number of hydrogen-bond acceptors (Lipinski definition) is 6. The molecule has 2 heterocycles. The summed E-state index contributed by atoms with van der Waals surface area (Å²) in [7, 11) is 1.42. The van der Waals surface area contributed by atoms with Crippen LogP contribution in [0.25, 0.3) is 0 Å². The minimum absolute atomic E-state index is 0.0201. The Labute approximate surface area is 184 Å². The van der Waals surface area contributed by atoms with E-state index < -0.39 is 10.0 Å². The number of pyridine rings is 1. The summed E-state index contributed by atoms with van der Waals surface area (Å²) in [6.45, 7) is 2.66. The second-order valence-corrected chi connectivity index (χ2v) is 9.75. The summed E-state index contributed by atoms with van der Waals surface area (Å²) in [5.74, 6) is 0.635. The third-order valence-electron chi connectivity index (χ3n) is 5.48. The number of methoxy groups -OCH3 is 1. The summed E-state index contributed by atoms with van der Waals surface area (Å²) in [4.78, 5) is 19.0. The number of benzene rings is 1. The van der Waals surface area contributed by atoms with Crippen molar-refractivity contribution in [1.29, 1.82) is 0 Å². The lowest BCUT2D eigenvalue weighted by atomic mass is 10.1. The van der Waals surface area contributed by atoms with Crippen molar-refractivity contribution in [3.63, 3.8) is 0 Å². The summed E-state index contributed by atoms with van der Waals surface area (Å²) in [6, 6.07) is 8.13. The molecule has 2 aromatic rings. The average Bonchev–Trinajstić information content (AvgIpc) is 2.77. The van der Waals surface area contributed by atoms with Crippen LogP contribution >= 0.6 is 0 Å². The predicted molar refractivity (Wildman–Crippen MR) is 120 cm³/mol. The van der Waals surface area contributed by atoms with Crippen molar-refractivity contribution in [2.45, 2.75) is 43.7 Å². The summed E-state index contributed by atoms with van der Waals surface area (Å²) in [5.41, 5.74) is 1.13. The first-order valence-electron chi connectivity index (χ1n) is 10.3. The van der Waals surface area contributed by atoms with E-state index in [2.05, 4.69) is 10.3 Å². The van der Waals surface area contributed by atoms with Gasteiger partial charge in [0.1, 0.15) is 16.5 Å². The summed E-state index contributed by atoms with van der Waals surface area (Å²) < 4.78 is 33.5. The molecule has 1 fully saturated rings. The topological polar surface area (TPSA) is 91.8 Å². The van der Waals surface area contributed by atoms with E-state index in [4.69, 9.17) is 4.74 Å². The van der Waals surface area contributed by atoms with E-state index in [1.807, 2.05) is 38.1 Å². The van der Waals surface area contributed by atoms with Gasteiger partial charge in [0, 0.05) is 50.6 Å². The maximum Gasteiger partial charge on any atom is 0.251 e. The van der Waals surface area contributed by atoms with Crippen LogP contribution < -0.4 is 15.0 Å². The molecule has 168 valence electrons. The van der Waals surface area contributed by atoms with Crippen LogP contribution in [0.2, 0.25) is 0 Å². The highest BCUT2D eigenvalue weighted by atomic mass is 32.2. The van der Waals surface area contributed by atoms with Crippen LogP contribution in [0.5, 0.6) is 5.75 Å². The van der Waals surface area contributed by atoms with Gasteiger partial charge in [-0.15, -0.1) is 0 Å². The van der Waals surface area contributed by atoms with Crippen molar-refractivity contribution < 1.29 is 17.9 Å². The number of sulfonamides is 1. The van der Waals surface area contributed by atoms with Gasteiger partial charge in [0.15, 0.2) is 0 Å². The molecule has 1 aliphatic heterocycles. The van der Waals surface area contributed by atoms with Crippen molar-refractivity contribution in [1.82, 2.24) is 14.6 Å². The molecular weight excluding hydrogens is 416 g/mol. The zero-order chi connectivity index (χ0) is 22.6. The van der Waals surface area contributed by atoms with Crippen molar-refractivity contribution in [2.24, 2.45) is 0 Å². The maximum absolute atomic E-state index is 13.4. The number of anilines is 1. The fourth-order valence-corrected chi connectivity index (χ4v) is 5.71. The third-order valence-corrected chi connectivity index (χ3v) is 7.52. The molecule has 1 aliphatic rings. The number of ether oxygens (including phenoxy) is 1. The molecule has 1 N–H and O–H groups in total. The molecule has 9 heteroatoms. The molecule has 0 spiro atoms. The highest BCUT2D eigenvalue weighted by Gasteiger charge is 2.33. The molecule has 3 rings (SSSR count). The van der Waals surface area contributed by atoms with Gasteiger partial charge in [0.2, 0.25) is 10.0 Å². The quantitative estimate of drug-likeness (QED) is 0.703. The van der Waals surface area contributed by atoms with E-state index in [9.17, 15) is 13.2 Å². The lowest BCUT2D eigenvalue weighted by Crippen LogP contribution is -2.42. The minimum Gasteiger partial charge on any atom is -0.495 e. The fourth-order valence-electron chi connectivity index (χ4n) is 3.82. The Hall–Kier alpha value is -2.65. The van der Waals surface area contributed by atoms with E-state index in [0.29, 0.717) is 6.54 Å². The van der Waals surface area contributed by atoms with Crippen molar-refractivity contribution in [3.05, 3.63) is 47.7 Å². The first-order chi connectivity index (χ1) is 14.8. The molecule has 1 unspecified atom stereocenters. The van der Waals surface area contributed by atoms with E-state index in [0.717, 1.165) is 30.6 Å². The number of piperidine rings is 1. The van der Waals surface area contributed by atoms with Gasteiger partial charge in [0.05, 0.1) is 7.11 Å². The molecule has 0 radical (unpaired) electrons. The maximum atomic E-state index is 13.4. The van der Waals surface area contributed by atoms with E-state index in [1.54, 1.807) is 12.3 Å². The SMILES string of the molecule is COc1ccc(C(=O)NCc2cccnc2N(C)C)cc1S(=O)(=O)N1CCCCC1C. The Morgan fingerprint density at radius 3 is 2.74 bits per heavy atom. The van der Waals surface area contributed by atoms with Crippen molar-refractivity contribution >= 4 is 21.7 Å². The van der Waals surface area contributed by atoms with Gasteiger partial charge in [-0.05, 0) is 44.0 Å². The Balaban J connectivity index is 1.86. The van der Waals surface area contributed by atoms with Gasteiger partial charge >= 0.3 is 0 Å². The first-order valence-corrected chi connectivity index (χ1v) is 11.8. The number of rotatable bonds is 7. The van der Waals surface area contributed by atoms with E-state index in [1.165, 1.54) is 23.5 Å². The van der Waals surface area contributed by atoms with Crippen LogP contribution in [-0.2, 0) is 16.6 Å². The van der Waals surface area contributed by atoms with Crippen LogP contribution in [0.4, 0.5) is 5.82 Å². The van der Waals surface area contributed by atoms with Crippen LogP contribution in [0.15, 0.2) is 41.4 Å². The van der Waals surface area contributed by atoms with Gasteiger partial charge < -0.3 is 15.0 Å². The molecular formula is C22H30N4O4S. The second-order valence-electron chi connectivity index (χ2n) is 7.89. The monoisotopic (exact) mass is 446 g/mol. The summed E-state index contributed by atoms with van der Waals surface area (Å²) >= 11 is 0. The minimum atomic E-state index is -3.78. The number of carbonyl (C=O) groups is 1. The van der Waals surface area contributed by atoms with Gasteiger partial charge in [-0.3, -0.25) is 4.79 Å². The molecule has 8 nitrogen and oxygen atoms in total. The van der Waals surface area contributed by atoms with E-state index >= 15 is 0 Å². The third kappa shape index (κ3) is 4.99. The average molecular weight is 447 g/mol. The van der Waals surface area contributed by atoms with Crippen molar-refractivity contribution in [3.8, 4) is 5.75 Å². The number of amides is 1. The van der Waals surface area contributed by atoms with Gasteiger partial charge in [-0.25, -0.2) is 13.4 Å². The zero-order valence-corrected chi connectivity index (χ0v) is 19.3. The molecule has 1 amide bonds. The molecule has 1 aromatic carbocycles. The Bertz CT molecular complexity index is 1040. The highest BCUT2D eigenvalue weighted by molar-refractivity contribution is 7.89. The first kappa shape index (κ1) is 23.0. The van der Waals surface area contributed by atoms with Gasteiger partial charge in [-0.1, -0.05) is 12.5 Å². The highest BCUT2D eigenvalue weighted by Crippen LogP contribution is 2.31. The molecule has 1 atom stereocenters. The second kappa shape index (κ2) is 9.65. The number of carbonyl (C=O) groups excluding carboxylic acids is 1. The summed E-state index contributed by atoms with van der Waals surface area (Å²) in [5, 5.41) is 2.86. The van der Waals surface area contributed by atoms with E-state index in [-0.39, 0.29) is 34.7 Å². The molecule has 1 aromatic heterocycles. The molecule has 1 saturated heterocycles. The van der Waals surface area contributed by atoms with Gasteiger partial charge in [0.25, 0.3) is 5.91 Å². The number of nitrogens with one attached hydrogen (secondary N) is 1. The Morgan fingerprint density at radius 2 is 2.06 bits per heavy atom. The molecule has 0 aliphatic carbocycles. The zero-order valence-electron chi connectivity index (χ0n) is 18.5. The predicted octanol–water partition coefficient (Wildman–Crippen LogP) is 2.65. The summed E-state index contributed by atoms with van der Waals surface area (Å²) in [6.07, 6.45) is 4.35. The fraction of sp³-hybridized carbons (Fsp3) is 0.455. The lowest BCUT2D eigenvalue weighted by molar-refractivity contribution is 0.0950. The largest absolute Gasteiger partial charge is 0.495 e. The number of aromatic nitrogens is 1. The number of hydrogen-bond donors (Lipinski definition) is 1. The molecule has 0 saturated carbocycles. The normalized spacial score (nSPS) is 17.2. The van der Waals surface area contributed by atoms with Crippen LogP contribution in [0.1, 0.15) is 42.1 Å². The van der Waals surface area contributed by atoms with Crippen LogP contribution in [0, 0.1) is 0 Å². The van der Waals surface area contributed by atoms with Crippen LogP contribution in [-0.4, -0.2) is 57.4 Å². The van der Waals surface area contributed by atoms with Crippen LogP contribution in [0.3, 0.4) is 0 Å². The Kier molecular flexibility index (Phi) is 7.17.